The van der Waals surface area contributed by atoms with E-state index in [1.807, 2.05) is 44.2 Å². The third-order valence-corrected chi connectivity index (χ3v) is 9.41. The Morgan fingerprint density at radius 2 is 1.39 bits per heavy atom. The fourth-order valence-corrected chi connectivity index (χ4v) is 6.65. The molecule has 44 heavy (non-hydrogen) atoms. The third-order valence-electron chi connectivity index (χ3n) is 6.78. The maximum atomic E-state index is 14.4. The lowest BCUT2D eigenvalue weighted by atomic mass is 10.0. The zero-order valence-corrected chi connectivity index (χ0v) is 27.2. The number of halogens is 3. The first-order valence-electron chi connectivity index (χ1n) is 13.9. The largest absolute Gasteiger partial charge is 0.352 e. The molecule has 0 bridgehead atoms. The van der Waals surface area contributed by atoms with Gasteiger partial charge >= 0.3 is 0 Å². The molecule has 1 atom stereocenters. The van der Waals surface area contributed by atoms with Crippen molar-refractivity contribution in [3.63, 3.8) is 0 Å². The number of hydrogen-bond acceptors (Lipinski definition) is 4. The molecule has 0 aliphatic heterocycles. The molecule has 4 rings (SSSR count). The highest BCUT2D eigenvalue weighted by Gasteiger charge is 2.35. The molecule has 230 valence electrons. The molecule has 11 heteroatoms. The second kappa shape index (κ2) is 14.9. The molecule has 0 heterocycles. The van der Waals surface area contributed by atoms with Gasteiger partial charge in [0.05, 0.1) is 10.6 Å². The van der Waals surface area contributed by atoms with Crippen molar-refractivity contribution < 1.29 is 18.0 Å². The van der Waals surface area contributed by atoms with Crippen molar-refractivity contribution in [1.29, 1.82) is 0 Å². The molecule has 4 aromatic rings. The maximum Gasteiger partial charge on any atom is 0.264 e. The lowest BCUT2D eigenvalue weighted by molar-refractivity contribution is -0.140. The van der Waals surface area contributed by atoms with Gasteiger partial charge in [-0.25, -0.2) is 8.42 Å². The van der Waals surface area contributed by atoms with E-state index in [1.54, 1.807) is 48.5 Å². The Balaban J connectivity index is 1.81. The second-order valence-electron chi connectivity index (χ2n) is 10.4. The number of carbonyl (C=O) groups is 2. The molecule has 0 aliphatic rings. The van der Waals surface area contributed by atoms with E-state index >= 15 is 0 Å². The van der Waals surface area contributed by atoms with Crippen molar-refractivity contribution in [2.75, 3.05) is 10.8 Å². The predicted octanol–water partition coefficient (Wildman–Crippen LogP) is 7.01. The van der Waals surface area contributed by atoms with Gasteiger partial charge in [-0.05, 0) is 73.5 Å². The highest BCUT2D eigenvalue weighted by atomic mass is 35.5. The Kier molecular flexibility index (Phi) is 11.3. The lowest BCUT2D eigenvalue weighted by Gasteiger charge is -2.34. The highest BCUT2D eigenvalue weighted by Crippen LogP contribution is 2.28. The average Bonchev–Trinajstić information content (AvgIpc) is 2.99. The van der Waals surface area contributed by atoms with Crippen molar-refractivity contribution in [3.8, 4) is 0 Å². The van der Waals surface area contributed by atoms with Crippen molar-refractivity contribution in [1.82, 2.24) is 10.2 Å². The SMILES string of the molecule is CC(C)NC(=O)[C@@H](Cc1ccccc1)N(Cc1ccc(Cl)cc1Cl)C(=O)CN(c1ccc(Cl)cc1)S(=O)(=O)c1ccccc1. The van der Waals surface area contributed by atoms with Crippen LogP contribution in [0.4, 0.5) is 5.69 Å². The molecule has 0 spiro atoms. The molecule has 0 aromatic heterocycles. The summed E-state index contributed by atoms with van der Waals surface area (Å²) in [7, 11) is -4.21. The van der Waals surface area contributed by atoms with Gasteiger partial charge in [0, 0.05) is 34.1 Å². The number of benzene rings is 4. The van der Waals surface area contributed by atoms with Crippen LogP contribution in [-0.4, -0.2) is 43.8 Å². The van der Waals surface area contributed by atoms with E-state index in [4.69, 9.17) is 34.8 Å². The second-order valence-corrected chi connectivity index (χ2v) is 13.6. The summed E-state index contributed by atoms with van der Waals surface area (Å²) in [6, 6.07) is 27.0. The number of nitrogens with zero attached hydrogens (tertiary/aromatic N) is 2. The molecule has 0 radical (unpaired) electrons. The smallest absolute Gasteiger partial charge is 0.264 e. The molecule has 1 N–H and O–H groups in total. The molecule has 0 unspecified atom stereocenters. The quantitative estimate of drug-likeness (QED) is 0.176. The fraction of sp³-hybridized carbons (Fsp3) is 0.212. The van der Waals surface area contributed by atoms with E-state index in [9.17, 15) is 18.0 Å². The van der Waals surface area contributed by atoms with Crippen LogP contribution in [-0.2, 0) is 32.6 Å². The van der Waals surface area contributed by atoms with Gasteiger partial charge in [-0.15, -0.1) is 0 Å². The van der Waals surface area contributed by atoms with Crippen LogP contribution in [0.3, 0.4) is 0 Å². The van der Waals surface area contributed by atoms with Gasteiger partial charge in [0.1, 0.15) is 12.6 Å². The van der Waals surface area contributed by atoms with Crippen molar-refractivity contribution in [2.24, 2.45) is 0 Å². The third kappa shape index (κ3) is 8.54. The van der Waals surface area contributed by atoms with Crippen LogP contribution in [0.15, 0.2) is 108 Å². The first-order chi connectivity index (χ1) is 21.0. The van der Waals surface area contributed by atoms with Crippen LogP contribution in [0.5, 0.6) is 0 Å². The minimum Gasteiger partial charge on any atom is -0.352 e. The minimum absolute atomic E-state index is 0.00781. The summed E-state index contributed by atoms with van der Waals surface area (Å²) in [4.78, 5) is 29.5. The van der Waals surface area contributed by atoms with E-state index in [1.165, 1.54) is 29.2 Å². The summed E-state index contributed by atoms with van der Waals surface area (Å²) in [6.07, 6.45) is 0.183. The summed E-state index contributed by atoms with van der Waals surface area (Å²) in [5, 5.41) is 4.05. The van der Waals surface area contributed by atoms with Crippen LogP contribution < -0.4 is 9.62 Å². The van der Waals surface area contributed by atoms with Gasteiger partial charge in [-0.3, -0.25) is 13.9 Å². The number of amides is 2. The fourth-order valence-electron chi connectivity index (χ4n) is 4.62. The van der Waals surface area contributed by atoms with Gasteiger partial charge < -0.3 is 10.2 Å². The van der Waals surface area contributed by atoms with Gasteiger partial charge in [-0.2, -0.15) is 0 Å². The zero-order valence-electron chi connectivity index (χ0n) is 24.2. The average molecular weight is 673 g/mol. The van der Waals surface area contributed by atoms with E-state index in [0.717, 1.165) is 9.87 Å². The first-order valence-corrected chi connectivity index (χ1v) is 16.4. The topological polar surface area (TPSA) is 86.8 Å². The Labute approximate surface area is 273 Å². The summed E-state index contributed by atoms with van der Waals surface area (Å²) in [5.41, 5.74) is 1.61. The molecular weight excluding hydrogens is 641 g/mol. The Bertz CT molecular complexity index is 1690. The van der Waals surface area contributed by atoms with Gasteiger partial charge in [-0.1, -0.05) is 89.4 Å². The molecule has 4 aromatic carbocycles. The number of sulfonamides is 1. The van der Waals surface area contributed by atoms with Crippen molar-refractivity contribution in [3.05, 3.63) is 129 Å². The van der Waals surface area contributed by atoms with Crippen LogP contribution in [0.25, 0.3) is 0 Å². The number of anilines is 1. The van der Waals surface area contributed by atoms with Gasteiger partial charge in [0.2, 0.25) is 11.8 Å². The molecule has 0 aliphatic carbocycles. The highest BCUT2D eigenvalue weighted by molar-refractivity contribution is 7.92. The number of carbonyl (C=O) groups excluding carboxylic acids is 2. The van der Waals surface area contributed by atoms with Crippen LogP contribution >= 0.6 is 34.8 Å². The Morgan fingerprint density at radius 3 is 1.98 bits per heavy atom. The number of hydrogen-bond donors (Lipinski definition) is 1. The van der Waals surface area contributed by atoms with Gasteiger partial charge in [0.15, 0.2) is 0 Å². The summed E-state index contributed by atoms with van der Waals surface area (Å²) in [6.45, 7) is 2.99. The molecule has 0 fully saturated rings. The molecule has 7 nitrogen and oxygen atoms in total. The van der Waals surface area contributed by atoms with E-state index in [2.05, 4.69) is 5.32 Å². The summed E-state index contributed by atoms with van der Waals surface area (Å²) in [5.74, 6) is -0.989. The van der Waals surface area contributed by atoms with Crippen LogP contribution in [0, 0.1) is 0 Å². The standard InChI is InChI=1S/C33H32Cl3N3O4S/c1-23(2)37-33(41)31(19-24-9-5-3-6-10-24)38(21-25-13-14-27(35)20-30(25)36)32(40)22-39(28-17-15-26(34)16-18-28)44(42,43)29-11-7-4-8-12-29/h3-18,20,23,31H,19,21-22H2,1-2H3,(H,37,41)/t31-/m1/s1. The van der Waals surface area contributed by atoms with Crippen molar-refractivity contribution in [2.45, 2.75) is 43.8 Å². The first kappa shape index (κ1) is 33.3. The lowest BCUT2D eigenvalue weighted by Crippen LogP contribution is -2.54. The van der Waals surface area contributed by atoms with Crippen molar-refractivity contribution >= 4 is 62.3 Å². The van der Waals surface area contributed by atoms with E-state index in [0.29, 0.717) is 20.6 Å². The minimum atomic E-state index is -4.21. The number of nitrogens with one attached hydrogen (secondary N) is 1. The summed E-state index contributed by atoms with van der Waals surface area (Å²) < 4.78 is 29.0. The zero-order chi connectivity index (χ0) is 31.9. The molecule has 2 amide bonds. The normalized spacial score (nSPS) is 12.0. The van der Waals surface area contributed by atoms with E-state index in [-0.39, 0.29) is 35.5 Å². The maximum absolute atomic E-state index is 14.4. The van der Waals surface area contributed by atoms with Gasteiger partial charge in [0.25, 0.3) is 10.0 Å². The molecule has 0 saturated heterocycles. The molecule has 0 saturated carbocycles. The summed E-state index contributed by atoms with van der Waals surface area (Å²) >= 11 is 18.8. The predicted molar refractivity (Wildman–Crippen MR) is 177 cm³/mol. The van der Waals surface area contributed by atoms with Crippen LogP contribution in [0.1, 0.15) is 25.0 Å². The van der Waals surface area contributed by atoms with E-state index < -0.39 is 28.5 Å². The molecular formula is C33H32Cl3N3O4S. The monoisotopic (exact) mass is 671 g/mol. The number of rotatable bonds is 12. The Morgan fingerprint density at radius 1 is 0.795 bits per heavy atom. The Hall–Kier alpha value is -3.56. The van der Waals surface area contributed by atoms with Crippen LogP contribution in [0.2, 0.25) is 15.1 Å².